The first-order valence-electron chi connectivity index (χ1n) is 22.2. The fraction of sp³-hybridized carbons (Fsp3) is 0.511. The van der Waals surface area contributed by atoms with E-state index in [1.54, 1.807) is 46.6 Å². The van der Waals surface area contributed by atoms with E-state index in [1.807, 2.05) is 13.0 Å². The van der Waals surface area contributed by atoms with Crippen molar-refractivity contribution in [1.82, 2.24) is 38.6 Å². The molecule has 2 amide bonds. The second kappa shape index (κ2) is 17.9. The number of pyridine rings is 1. The van der Waals surface area contributed by atoms with Crippen molar-refractivity contribution in [2.45, 2.75) is 119 Å². The second-order valence-corrected chi connectivity index (χ2v) is 19.8. The third-order valence-electron chi connectivity index (χ3n) is 13.6. The summed E-state index contributed by atoms with van der Waals surface area (Å²) < 4.78 is 41.1. The van der Waals surface area contributed by atoms with Crippen LogP contribution in [0.4, 0.5) is 11.6 Å². The predicted molar refractivity (Wildman–Crippen MR) is 240 cm³/mol. The Kier molecular flexibility index (Phi) is 12.3. The van der Waals surface area contributed by atoms with Crippen LogP contribution < -0.4 is 26.6 Å². The fourth-order valence-corrected chi connectivity index (χ4v) is 11.6. The van der Waals surface area contributed by atoms with Gasteiger partial charge in [-0.25, -0.2) is 22.9 Å². The normalized spacial score (nSPS) is 22.0. The molecular weight excluding hydrogens is 846 g/mol. The molecule has 18 heteroatoms. The van der Waals surface area contributed by atoms with Crippen LogP contribution >= 0.6 is 11.6 Å². The van der Waals surface area contributed by atoms with E-state index in [-0.39, 0.29) is 51.7 Å². The number of imidazole rings is 1. The molecule has 0 bridgehead atoms. The molecule has 0 radical (unpaired) electrons. The minimum absolute atomic E-state index is 0.0394. The Bertz CT molecular complexity index is 2800. The molecule has 5 aromatic rings. The molecule has 16 nitrogen and oxygen atoms in total. The number of benzene rings is 2. The lowest BCUT2D eigenvalue weighted by Gasteiger charge is -2.33. The van der Waals surface area contributed by atoms with E-state index in [0.717, 1.165) is 76.5 Å². The third-order valence-corrected chi connectivity index (χ3v) is 15.4. The van der Waals surface area contributed by atoms with Crippen LogP contribution in [0, 0.1) is 6.92 Å². The summed E-state index contributed by atoms with van der Waals surface area (Å²) in [7, 11) is -2.04. The number of hydrogen-bond acceptors (Lipinski definition) is 11. The van der Waals surface area contributed by atoms with E-state index >= 15 is 0 Å². The highest BCUT2D eigenvalue weighted by molar-refractivity contribution is 7.89. The number of sulfonamides is 1. The molecule has 9 rings (SSSR count). The number of halogens is 1. The molecular formula is C45H54ClN9O7S. The van der Waals surface area contributed by atoms with Gasteiger partial charge in [0.1, 0.15) is 16.7 Å². The number of piperidine rings is 2. The number of hydrogen-bond donors (Lipinski definition) is 3. The van der Waals surface area contributed by atoms with Crippen LogP contribution in [-0.4, -0.2) is 87.2 Å². The molecule has 2 aliphatic carbocycles. The molecule has 4 aliphatic rings. The number of aromatic nitrogens is 5. The molecule has 4 fully saturated rings. The van der Waals surface area contributed by atoms with Crippen molar-refractivity contribution in [2.24, 2.45) is 7.05 Å². The molecule has 1 atom stereocenters. The average molecular weight is 901 g/mol. The Labute approximate surface area is 370 Å². The first-order valence-corrected chi connectivity index (χ1v) is 24.1. The Balaban J connectivity index is 0.731. The lowest BCUT2D eigenvalue weighted by atomic mass is 9.89. The van der Waals surface area contributed by atoms with E-state index in [2.05, 4.69) is 37.4 Å². The minimum Gasteiger partial charge on any atom is -0.377 e. The first-order chi connectivity index (χ1) is 30.3. The molecule has 5 heterocycles. The summed E-state index contributed by atoms with van der Waals surface area (Å²) >= 11 is 6.29. The number of anilines is 2. The number of amides is 2. The van der Waals surface area contributed by atoms with Crippen LogP contribution in [0.1, 0.15) is 106 Å². The zero-order valence-corrected chi connectivity index (χ0v) is 37.2. The zero-order valence-electron chi connectivity index (χ0n) is 35.6. The van der Waals surface area contributed by atoms with Gasteiger partial charge in [-0.05, 0) is 131 Å². The standard InChI is InChI=1S/C45H54ClN9O7S/c1-27-23-34(12-13-36(27)48-44-47-26-30-24-35(46)43(58)54(41(30)50-44)32-5-3-4-6-32)63(60,61)51-31-8-10-33(11-9-31)62-22-21-53-19-17-28(18-20-53)29-7-14-37-39(25-29)52(2)45(59)55(37)38-15-16-40(56)49-42(38)57/h7,12-14,23-26,28,31-33,38,51H,3-6,8-11,15-22H2,1-2H3,(H,47,48,50)(H,49,56,57)/t31-,33-,38?. The maximum absolute atomic E-state index is 13.5. The van der Waals surface area contributed by atoms with E-state index in [4.69, 9.17) is 21.3 Å². The van der Waals surface area contributed by atoms with Crippen molar-refractivity contribution in [2.75, 3.05) is 31.6 Å². The number of nitrogens with zero attached hydrogens (tertiary/aromatic N) is 6. The topological polar surface area (TPSA) is 192 Å². The highest BCUT2D eigenvalue weighted by Gasteiger charge is 2.32. The van der Waals surface area contributed by atoms with Gasteiger partial charge in [-0.15, -0.1) is 0 Å². The van der Waals surface area contributed by atoms with Gasteiger partial charge in [0.05, 0.1) is 28.6 Å². The quantitative estimate of drug-likeness (QED) is 0.130. The van der Waals surface area contributed by atoms with E-state index in [0.29, 0.717) is 65.5 Å². The van der Waals surface area contributed by atoms with Crippen LogP contribution in [0.3, 0.4) is 0 Å². The lowest BCUT2D eigenvalue weighted by Crippen LogP contribution is -2.44. The summed E-state index contributed by atoms with van der Waals surface area (Å²) in [6, 6.07) is 11.8. The fourth-order valence-electron chi connectivity index (χ4n) is 10.0. The number of imide groups is 1. The molecule has 3 aromatic heterocycles. The monoisotopic (exact) mass is 899 g/mol. The predicted octanol–water partition coefficient (Wildman–Crippen LogP) is 5.73. The van der Waals surface area contributed by atoms with Gasteiger partial charge < -0.3 is 15.0 Å². The van der Waals surface area contributed by atoms with Crippen LogP contribution in [0.25, 0.3) is 22.1 Å². The second-order valence-electron chi connectivity index (χ2n) is 17.7. The Morgan fingerprint density at radius 1 is 0.889 bits per heavy atom. The van der Waals surface area contributed by atoms with Crippen LogP contribution in [0.2, 0.25) is 5.02 Å². The van der Waals surface area contributed by atoms with Crippen LogP contribution in [0.5, 0.6) is 0 Å². The average Bonchev–Trinajstić information content (AvgIpc) is 3.89. The summed E-state index contributed by atoms with van der Waals surface area (Å²) in [6.45, 7) is 5.15. The lowest BCUT2D eigenvalue weighted by molar-refractivity contribution is -0.135. The Hall–Kier alpha value is -4.94. The maximum atomic E-state index is 13.5. The molecule has 63 heavy (non-hydrogen) atoms. The molecule has 2 saturated heterocycles. The van der Waals surface area contributed by atoms with Gasteiger partial charge in [0.25, 0.3) is 5.56 Å². The van der Waals surface area contributed by atoms with Crippen molar-refractivity contribution < 1.29 is 22.7 Å². The summed E-state index contributed by atoms with van der Waals surface area (Å²) in [5.74, 6) is -0.0817. The van der Waals surface area contributed by atoms with Crippen molar-refractivity contribution in [3.8, 4) is 0 Å². The molecule has 2 aliphatic heterocycles. The van der Waals surface area contributed by atoms with Gasteiger partial charge in [-0.2, -0.15) is 4.98 Å². The number of ether oxygens (including phenoxy) is 1. The summed E-state index contributed by atoms with van der Waals surface area (Å²) in [4.78, 5) is 62.3. The van der Waals surface area contributed by atoms with Crippen molar-refractivity contribution in [3.63, 3.8) is 0 Å². The van der Waals surface area contributed by atoms with E-state index in [9.17, 15) is 27.6 Å². The maximum Gasteiger partial charge on any atom is 0.329 e. The van der Waals surface area contributed by atoms with Gasteiger partial charge in [0.2, 0.25) is 27.8 Å². The summed E-state index contributed by atoms with van der Waals surface area (Å²) in [5, 5.41) is 6.41. The van der Waals surface area contributed by atoms with Gasteiger partial charge in [-0.1, -0.05) is 30.5 Å². The number of carbonyl (C=O) groups excluding carboxylic acids is 2. The van der Waals surface area contributed by atoms with Crippen LogP contribution in [0.15, 0.2) is 63.1 Å². The Morgan fingerprint density at radius 2 is 1.65 bits per heavy atom. The number of aryl methyl sites for hydroxylation is 2. The zero-order chi connectivity index (χ0) is 44.0. The number of fused-ring (bicyclic) bond motifs is 2. The van der Waals surface area contributed by atoms with Gasteiger partial charge in [0, 0.05) is 49.4 Å². The molecule has 334 valence electrons. The number of carbonyl (C=O) groups is 2. The van der Waals surface area contributed by atoms with E-state index in [1.165, 1.54) is 10.1 Å². The smallest absolute Gasteiger partial charge is 0.329 e. The van der Waals surface area contributed by atoms with Crippen LogP contribution in [-0.2, 0) is 31.4 Å². The molecule has 0 spiro atoms. The van der Waals surface area contributed by atoms with Crippen molar-refractivity contribution in [3.05, 3.63) is 85.6 Å². The van der Waals surface area contributed by atoms with E-state index < -0.39 is 22.0 Å². The van der Waals surface area contributed by atoms with Crippen molar-refractivity contribution >= 4 is 67.1 Å². The molecule has 3 N–H and O–H groups in total. The first kappa shape index (κ1) is 43.3. The SMILES string of the molecule is Cc1cc(S(=O)(=O)N[C@H]2CC[C@H](OCCN3CCC(c4ccc5c(c4)n(C)c(=O)n5C4CCC(=O)NC4=O)CC3)CC2)ccc1Nc1ncc2cc(Cl)c(=O)n(C3CCCC3)c2n1. The Morgan fingerprint density at radius 3 is 2.38 bits per heavy atom. The summed E-state index contributed by atoms with van der Waals surface area (Å²) in [6.07, 6.45) is 11.0. The van der Waals surface area contributed by atoms with Gasteiger partial charge in [0.15, 0.2) is 0 Å². The molecule has 1 unspecified atom stereocenters. The molecule has 2 saturated carbocycles. The highest BCUT2D eigenvalue weighted by Crippen LogP contribution is 2.34. The summed E-state index contributed by atoms with van der Waals surface area (Å²) in [5.41, 5.74) is 4.04. The number of likely N-dealkylation sites (tertiary alicyclic amines) is 1. The third kappa shape index (κ3) is 8.95. The highest BCUT2D eigenvalue weighted by atomic mass is 35.5. The minimum atomic E-state index is -3.77. The largest absolute Gasteiger partial charge is 0.377 e. The van der Waals surface area contributed by atoms with Gasteiger partial charge in [-0.3, -0.25) is 33.4 Å². The van der Waals surface area contributed by atoms with Gasteiger partial charge >= 0.3 is 5.69 Å². The molecule has 2 aromatic carbocycles. The number of rotatable bonds is 12. The number of nitrogens with one attached hydrogen (secondary N) is 3. The van der Waals surface area contributed by atoms with Crippen molar-refractivity contribution in [1.29, 1.82) is 0 Å².